The zero-order valence-corrected chi connectivity index (χ0v) is 20.8. The van der Waals surface area contributed by atoms with Gasteiger partial charge in [0, 0.05) is 12.6 Å². The van der Waals surface area contributed by atoms with Gasteiger partial charge in [0.25, 0.3) is 11.6 Å². The Kier molecular flexibility index (Phi) is 7.67. The van der Waals surface area contributed by atoms with E-state index < -0.39 is 21.2 Å². The number of carbonyl (C=O) groups excluding carboxylic acids is 1. The fourth-order valence-electron chi connectivity index (χ4n) is 3.47. The van der Waals surface area contributed by atoms with E-state index in [1.807, 2.05) is 6.92 Å². The lowest BCUT2D eigenvalue weighted by atomic mass is 10.1. The van der Waals surface area contributed by atoms with Crippen LogP contribution in [0.1, 0.15) is 12.5 Å². The summed E-state index contributed by atoms with van der Waals surface area (Å²) in [6.07, 6.45) is 1.64. The summed E-state index contributed by atoms with van der Waals surface area (Å²) in [5.41, 5.74) is 0.0699. The van der Waals surface area contributed by atoms with Crippen LogP contribution in [0.3, 0.4) is 0 Å². The number of hydrogen-bond donors (Lipinski definition) is 0. The van der Waals surface area contributed by atoms with E-state index in [4.69, 9.17) is 9.47 Å². The Bertz CT molecular complexity index is 1490. The average Bonchev–Trinajstić information content (AvgIpc) is 3.19. The maximum Gasteiger partial charge on any atom is 0.318 e. The van der Waals surface area contributed by atoms with Crippen molar-refractivity contribution in [3.8, 4) is 17.2 Å². The van der Waals surface area contributed by atoms with Crippen molar-refractivity contribution in [3.05, 3.63) is 97.2 Å². The lowest BCUT2D eigenvalue weighted by Gasteiger charge is -2.12. The molecule has 0 saturated carbocycles. The number of likely N-dealkylation sites (N-methyl/N-ethyl adjacent to an activating group) is 1. The van der Waals surface area contributed by atoms with Crippen LogP contribution in [0.5, 0.6) is 17.2 Å². The second-order valence-corrected chi connectivity index (χ2v) is 8.72. The minimum absolute atomic E-state index is 0.130. The maximum atomic E-state index is 13.2. The van der Waals surface area contributed by atoms with E-state index in [-0.39, 0.29) is 29.0 Å². The van der Waals surface area contributed by atoms with Gasteiger partial charge in [-0.25, -0.2) is 9.38 Å². The molecule has 1 fully saturated rings. The van der Waals surface area contributed by atoms with E-state index in [0.29, 0.717) is 27.9 Å². The number of ether oxygens (including phenoxy) is 2. The molecule has 0 spiro atoms. The molecule has 0 aromatic heterocycles. The van der Waals surface area contributed by atoms with E-state index in [9.17, 15) is 29.4 Å². The first-order valence-electron chi connectivity index (χ1n) is 11.0. The van der Waals surface area contributed by atoms with Gasteiger partial charge < -0.3 is 9.47 Å². The Morgan fingerprint density at radius 3 is 2.34 bits per heavy atom. The Morgan fingerprint density at radius 2 is 1.71 bits per heavy atom. The number of benzene rings is 3. The third kappa shape index (κ3) is 5.62. The van der Waals surface area contributed by atoms with E-state index >= 15 is 0 Å². The highest BCUT2D eigenvalue weighted by Crippen LogP contribution is 2.40. The first-order valence-corrected chi connectivity index (χ1v) is 11.9. The summed E-state index contributed by atoms with van der Waals surface area (Å²) in [5.74, 6) is -0.492. The van der Waals surface area contributed by atoms with Crippen molar-refractivity contribution in [1.82, 2.24) is 4.90 Å². The van der Waals surface area contributed by atoms with Crippen LogP contribution in [-0.2, 0) is 4.79 Å². The lowest BCUT2D eigenvalue weighted by Crippen LogP contribution is -2.28. The monoisotopic (exact) mass is 538 g/mol. The molecule has 0 N–H and O–H groups in total. The Morgan fingerprint density at radius 1 is 1.00 bits per heavy atom. The van der Waals surface area contributed by atoms with Gasteiger partial charge in [-0.3, -0.25) is 29.9 Å². The summed E-state index contributed by atoms with van der Waals surface area (Å²) >= 11 is 1.17. The number of halogens is 1. The van der Waals surface area contributed by atoms with Crippen molar-refractivity contribution in [2.24, 2.45) is 4.99 Å². The van der Waals surface area contributed by atoms with Crippen LogP contribution in [0.2, 0.25) is 0 Å². The number of nitro benzene ring substituents is 2. The number of carbonyl (C=O) groups is 1. The molecule has 4 rings (SSSR count). The summed E-state index contributed by atoms with van der Waals surface area (Å²) < 4.78 is 24.3. The zero-order chi connectivity index (χ0) is 27.4. The van der Waals surface area contributed by atoms with Gasteiger partial charge in [-0.1, -0.05) is 6.07 Å². The molecular formula is C25H19FN4O7S. The fraction of sp³-hybridized carbons (Fsp3) is 0.120. The molecule has 13 heteroatoms. The van der Waals surface area contributed by atoms with Gasteiger partial charge in [-0.15, -0.1) is 0 Å². The standard InChI is InChI=1S/C25H19FN4O7S/c1-3-28-24(31)23(38-25(28)27-17-7-5-16(26)6-8-17)13-15-4-10-21(22(12-15)36-2)37-20-11-9-18(29(32)33)14-19(20)30(34)35/h4-14H,3H2,1-2H3/b23-13+,27-25?. The molecule has 1 saturated heterocycles. The van der Waals surface area contributed by atoms with Crippen LogP contribution >= 0.6 is 11.8 Å². The number of rotatable bonds is 8. The first-order chi connectivity index (χ1) is 18.2. The van der Waals surface area contributed by atoms with E-state index in [1.165, 1.54) is 54.1 Å². The molecule has 0 atom stereocenters. The molecule has 3 aromatic carbocycles. The third-order valence-corrected chi connectivity index (χ3v) is 6.32. The van der Waals surface area contributed by atoms with Gasteiger partial charge in [0.05, 0.1) is 33.6 Å². The molecule has 0 bridgehead atoms. The van der Waals surface area contributed by atoms with Gasteiger partial charge in [0.1, 0.15) is 5.82 Å². The zero-order valence-electron chi connectivity index (χ0n) is 20.0. The number of amidine groups is 1. The number of non-ortho nitro benzene ring substituents is 1. The molecule has 0 radical (unpaired) electrons. The van der Waals surface area contributed by atoms with Crippen LogP contribution in [0.4, 0.5) is 21.5 Å². The summed E-state index contributed by atoms with van der Waals surface area (Å²) in [5, 5.41) is 22.9. The Balaban J connectivity index is 1.62. The molecule has 194 valence electrons. The van der Waals surface area contributed by atoms with Crippen LogP contribution in [0.15, 0.2) is 70.6 Å². The van der Waals surface area contributed by atoms with E-state index in [1.54, 1.807) is 18.2 Å². The lowest BCUT2D eigenvalue weighted by molar-refractivity contribution is -0.394. The molecule has 0 unspecified atom stereocenters. The number of hydrogen-bond acceptors (Lipinski definition) is 9. The minimum Gasteiger partial charge on any atom is -0.493 e. The van der Waals surface area contributed by atoms with Gasteiger partial charge in [-0.2, -0.15) is 0 Å². The molecule has 38 heavy (non-hydrogen) atoms. The molecule has 1 heterocycles. The van der Waals surface area contributed by atoms with Gasteiger partial charge in [0.2, 0.25) is 5.75 Å². The summed E-state index contributed by atoms with van der Waals surface area (Å²) in [6.45, 7) is 2.20. The first kappa shape index (κ1) is 26.3. The number of aliphatic imine (C=N–C) groups is 1. The smallest absolute Gasteiger partial charge is 0.318 e. The van der Waals surface area contributed by atoms with Crippen molar-refractivity contribution >= 4 is 46.0 Å². The second-order valence-electron chi connectivity index (χ2n) is 7.71. The quantitative estimate of drug-likeness (QED) is 0.191. The van der Waals surface area contributed by atoms with Gasteiger partial charge in [0.15, 0.2) is 16.7 Å². The van der Waals surface area contributed by atoms with Crippen molar-refractivity contribution in [3.63, 3.8) is 0 Å². The molecule has 1 aliphatic heterocycles. The summed E-state index contributed by atoms with van der Waals surface area (Å²) in [4.78, 5) is 40.2. The van der Waals surface area contributed by atoms with Gasteiger partial charge >= 0.3 is 5.69 Å². The van der Waals surface area contributed by atoms with Crippen LogP contribution in [-0.4, -0.2) is 39.5 Å². The highest BCUT2D eigenvalue weighted by Gasteiger charge is 2.32. The van der Waals surface area contributed by atoms with Gasteiger partial charge in [-0.05, 0) is 72.8 Å². The maximum absolute atomic E-state index is 13.2. The van der Waals surface area contributed by atoms with Crippen molar-refractivity contribution in [2.75, 3.05) is 13.7 Å². The largest absolute Gasteiger partial charge is 0.493 e. The van der Waals surface area contributed by atoms with Crippen molar-refractivity contribution in [2.45, 2.75) is 6.92 Å². The number of methoxy groups -OCH3 is 1. The highest BCUT2D eigenvalue weighted by molar-refractivity contribution is 8.18. The summed E-state index contributed by atoms with van der Waals surface area (Å²) in [6, 6.07) is 13.4. The number of nitro groups is 2. The van der Waals surface area contributed by atoms with Crippen LogP contribution in [0, 0.1) is 26.0 Å². The Labute approximate surface area is 219 Å². The Hall–Kier alpha value is -4.78. The normalized spacial score (nSPS) is 15.2. The number of amides is 1. The molecule has 1 amide bonds. The van der Waals surface area contributed by atoms with E-state index in [2.05, 4.69) is 4.99 Å². The predicted molar refractivity (Wildman–Crippen MR) is 139 cm³/mol. The molecule has 0 aliphatic carbocycles. The third-order valence-electron chi connectivity index (χ3n) is 5.31. The van der Waals surface area contributed by atoms with Crippen LogP contribution < -0.4 is 9.47 Å². The second kappa shape index (κ2) is 11.1. The minimum atomic E-state index is -0.777. The molecule has 1 aliphatic rings. The van der Waals surface area contributed by atoms with Crippen LogP contribution in [0.25, 0.3) is 6.08 Å². The SMILES string of the molecule is CCN1C(=O)/C(=C\c2ccc(Oc3ccc([N+](=O)[O-])cc3[N+](=O)[O-])c(OC)c2)SC1=Nc1ccc(F)cc1. The molecule has 11 nitrogen and oxygen atoms in total. The predicted octanol–water partition coefficient (Wildman–Crippen LogP) is 6.07. The average molecular weight is 539 g/mol. The highest BCUT2D eigenvalue weighted by atomic mass is 32.2. The summed E-state index contributed by atoms with van der Waals surface area (Å²) in [7, 11) is 1.38. The number of nitrogens with zero attached hydrogens (tertiary/aromatic N) is 4. The van der Waals surface area contributed by atoms with Crippen molar-refractivity contribution in [1.29, 1.82) is 0 Å². The fourth-order valence-corrected chi connectivity index (χ4v) is 4.54. The molecule has 3 aromatic rings. The molecular weight excluding hydrogens is 519 g/mol. The number of thioether (sulfide) groups is 1. The van der Waals surface area contributed by atoms with Crippen molar-refractivity contribution < 1.29 is 28.5 Å². The topological polar surface area (TPSA) is 137 Å². The van der Waals surface area contributed by atoms with E-state index in [0.717, 1.165) is 18.2 Å².